The second kappa shape index (κ2) is 7.76. The number of anilines is 1. The van der Waals surface area contributed by atoms with Crippen LogP contribution in [0.5, 0.6) is 0 Å². The van der Waals surface area contributed by atoms with Gasteiger partial charge in [0.1, 0.15) is 0 Å². The maximum Gasteiger partial charge on any atom is 0.316 e. The van der Waals surface area contributed by atoms with Gasteiger partial charge in [-0.15, -0.1) is 0 Å². The summed E-state index contributed by atoms with van der Waals surface area (Å²) in [5.41, 5.74) is 6.89. The molecule has 19 heavy (non-hydrogen) atoms. The van der Waals surface area contributed by atoms with Gasteiger partial charge in [0.25, 0.3) is 0 Å². The van der Waals surface area contributed by atoms with E-state index >= 15 is 0 Å². The zero-order chi connectivity index (χ0) is 14.3. The zero-order valence-electron chi connectivity index (χ0n) is 11.5. The van der Waals surface area contributed by atoms with E-state index < -0.39 is 6.03 Å². The van der Waals surface area contributed by atoms with Crippen molar-refractivity contribution < 1.29 is 9.90 Å². The average Bonchev–Trinajstić information content (AvgIpc) is 2.36. The second-order valence-electron chi connectivity index (χ2n) is 4.86. The molecule has 106 valence electrons. The van der Waals surface area contributed by atoms with Crippen LogP contribution in [0.3, 0.4) is 0 Å². The van der Waals surface area contributed by atoms with E-state index in [1.165, 1.54) is 0 Å². The van der Waals surface area contributed by atoms with E-state index in [4.69, 9.17) is 10.8 Å². The Morgan fingerprint density at radius 3 is 2.47 bits per heavy atom. The summed E-state index contributed by atoms with van der Waals surface area (Å²) >= 11 is 0. The van der Waals surface area contributed by atoms with Crippen LogP contribution in [0.2, 0.25) is 0 Å². The Labute approximate surface area is 114 Å². The van der Waals surface area contributed by atoms with Crippen molar-refractivity contribution in [2.24, 2.45) is 11.7 Å². The van der Waals surface area contributed by atoms with E-state index in [0.29, 0.717) is 11.6 Å². The number of aliphatic hydroxyl groups is 1. The smallest absolute Gasteiger partial charge is 0.316 e. The molecule has 0 aliphatic rings. The molecule has 1 rings (SSSR count). The molecule has 0 bridgehead atoms. The van der Waals surface area contributed by atoms with Gasteiger partial charge >= 0.3 is 6.03 Å². The molecule has 0 saturated carbocycles. The monoisotopic (exact) mass is 265 g/mol. The van der Waals surface area contributed by atoms with Gasteiger partial charge in [0.2, 0.25) is 0 Å². The highest BCUT2D eigenvalue weighted by Gasteiger charge is 2.07. The van der Waals surface area contributed by atoms with Crippen LogP contribution in [0.15, 0.2) is 24.3 Å². The number of hydrogen-bond donors (Lipinski definition) is 4. The third-order valence-corrected chi connectivity index (χ3v) is 3.07. The quantitative estimate of drug-likeness (QED) is 0.606. The molecule has 0 radical (unpaired) electrons. The lowest BCUT2D eigenvalue weighted by molar-refractivity contribution is 0.258. The third-order valence-electron chi connectivity index (χ3n) is 3.07. The number of urea groups is 1. The first-order valence-electron chi connectivity index (χ1n) is 6.53. The van der Waals surface area contributed by atoms with Gasteiger partial charge in [0.05, 0.1) is 0 Å². The second-order valence-corrected chi connectivity index (χ2v) is 4.86. The van der Waals surface area contributed by atoms with Gasteiger partial charge < -0.3 is 21.5 Å². The molecule has 0 aliphatic carbocycles. The van der Waals surface area contributed by atoms with Crippen molar-refractivity contribution in [3.63, 3.8) is 0 Å². The largest absolute Gasteiger partial charge is 0.396 e. The fraction of sp³-hybridized carbons (Fsp3) is 0.500. The van der Waals surface area contributed by atoms with Crippen LogP contribution < -0.4 is 16.4 Å². The van der Waals surface area contributed by atoms with Gasteiger partial charge in [-0.3, -0.25) is 0 Å². The van der Waals surface area contributed by atoms with E-state index in [1.807, 2.05) is 24.3 Å². The van der Waals surface area contributed by atoms with Crippen molar-refractivity contribution in [2.45, 2.75) is 26.3 Å². The molecule has 0 heterocycles. The molecule has 0 saturated heterocycles. The molecule has 0 fully saturated rings. The van der Waals surface area contributed by atoms with Crippen molar-refractivity contribution in [1.82, 2.24) is 5.32 Å². The minimum absolute atomic E-state index is 0.226. The van der Waals surface area contributed by atoms with E-state index in [1.54, 1.807) is 0 Å². The molecule has 5 nitrogen and oxygen atoms in total. The molecular formula is C14H23N3O2. The van der Waals surface area contributed by atoms with Crippen LogP contribution in [-0.4, -0.2) is 24.3 Å². The topological polar surface area (TPSA) is 87.4 Å². The van der Waals surface area contributed by atoms with Gasteiger partial charge in [0.15, 0.2) is 0 Å². The fourth-order valence-corrected chi connectivity index (χ4v) is 1.82. The predicted octanol–water partition coefficient (Wildman–Crippen LogP) is 1.85. The molecular weight excluding hydrogens is 242 g/mol. The average molecular weight is 265 g/mol. The summed E-state index contributed by atoms with van der Waals surface area (Å²) in [5.74, 6) is 0.447. The summed E-state index contributed by atoms with van der Waals surface area (Å²) < 4.78 is 0. The summed E-state index contributed by atoms with van der Waals surface area (Å²) in [7, 11) is 0. The van der Waals surface area contributed by atoms with Crippen LogP contribution in [0, 0.1) is 5.92 Å². The van der Waals surface area contributed by atoms with Gasteiger partial charge in [-0.05, 0) is 43.5 Å². The molecule has 2 atom stereocenters. The summed E-state index contributed by atoms with van der Waals surface area (Å²) in [4.78, 5) is 10.7. The lowest BCUT2D eigenvalue weighted by Gasteiger charge is -2.18. The fourth-order valence-electron chi connectivity index (χ4n) is 1.82. The van der Waals surface area contributed by atoms with Gasteiger partial charge in [-0.1, -0.05) is 19.1 Å². The standard InChI is InChI=1S/C14H23N3O2/c1-10(7-8-18)9-16-11(2)12-3-5-13(6-4-12)17-14(15)19/h3-6,10-11,16,18H,7-9H2,1-2H3,(H3,15,17,19). The Morgan fingerprint density at radius 2 is 1.95 bits per heavy atom. The number of amides is 2. The van der Waals surface area contributed by atoms with E-state index in [9.17, 15) is 4.79 Å². The first kappa shape index (κ1) is 15.5. The molecule has 0 spiro atoms. The third kappa shape index (κ3) is 5.72. The molecule has 5 N–H and O–H groups in total. The van der Waals surface area contributed by atoms with Gasteiger partial charge in [-0.2, -0.15) is 0 Å². The summed E-state index contributed by atoms with van der Waals surface area (Å²) in [5, 5.41) is 14.8. The number of primary amides is 1. The van der Waals surface area contributed by atoms with Crippen molar-refractivity contribution in [2.75, 3.05) is 18.5 Å². The highest BCUT2D eigenvalue weighted by Crippen LogP contribution is 2.16. The lowest BCUT2D eigenvalue weighted by atomic mass is 10.1. The van der Waals surface area contributed by atoms with E-state index in [0.717, 1.165) is 18.5 Å². The minimum atomic E-state index is -0.559. The van der Waals surface area contributed by atoms with Crippen LogP contribution in [0.25, 0.3) is 0 Å². The molecule has 5 heteroatoms. The number of hydrogen-bond acceptors (Lipinski definition) is 3. The number of aliphatic hydroxyl groups excluding tert-OH is 1. The Bertz CT molecular complexity index is 392. The van der Waals surface area contributed by atoms with Gasteiger partial charge in [-0.25, -0.2) is 4.79 Å². The Morgan fingerprint density at radius 1 is 1.32 bits per heavy atom. The molecule has 2 amide bonds. The maximum atomic E-state index is 10.7. The molecule has 1 aromatic carbocycles. The maximum absolute atomic E-state index is 10.7. The number of nitrogens with one attached hydrogen (secondary N) is 2. The summed E-state index contributed by atoms with van der Waals surface area (Å²) in [6.07, 6.45) is 0.807. The zero-order valence-corrected chi connectivity index (χ0v) is 11.5. The van der Waals surface area contributed by atoms with E-state index in [-0.39, 0.29) is 12.6 Å². The number of carbonyl (C=O) groups is 1. The van der Waals surface area contributed by atoms with E-state index in [2.05, 4.69) is 24.5 Å². The van der Waals surface area contributed by atoms with Crippen molar-refractivity contribution in [3.8, 4) is 0 Å². The SMILES string of the molecule is CC(CCO)CNC(C)c1ccc(NC(N)=O)cc1. The first-order chi connectivity index (χ1) is 9.02. The normalized spacial score (nSPS) is 13.8. The highest BCUT2D eigenvalue weighted by molar-refractivity contribution is 5.87. The number of nitrogens with two attached hydrogens (primary N) is 1. The Kier molecular flexibility index (Phi) is 6.32. The Balaban J connectivity index is 2.48. The lowest BCUT2D eigenvalue weighted by Crippen LogP contribution is -2.25. The highest BCUT2D eigenvalue weighted by atomic mass is 16.3. The molecule has 1 aromatic rings. The number of rotatable bonds is 7. The van der Waals surface area contributed by atoms with Crippen LogP contribution in [-0.2, 0) is 0 Å². The molecule has 0 aliphatic heterocycles. The van der Waals surface area contributed by atoms with Gasteiger partial charge in [0, 0.05) is 18.3 Å². The van der Waals surface area contributed by atoms with Crippen molar-refractivity contribution in [3.05, 3.63) is 29.8 Å². The predicted molar refractivity (Wildman–Crippen MR) is 76.9 cm³/mol. The molecule has 2 unspecified atom stereocenters. The van der Waals surface area contributed by atoms with Crippen LogP contribution in [0.4, 0.5) is 10.5 Å². The summed E-state index contributed by atoms with van der Waals surface area (Å²) in [6.45, 7) is 5.28. The molecule has 0 aromatic heterocycles. The first-order valence-corrected chi connectivity index (χ1v) is 6.53. The van der Waals surface area contributed by atoms with Crippen molar-refractivity contribution in [1.29, 1.82) is 0 Å². The van der Waals surface area contributed by atoms with Crippen LogP contribution in [0.1, 0.15) is 31.9 Å². The number of benzene rings is 1. The minimum Gasteiger partial charge on any atom is -0.396 e. The Hall–Kier alpha value is -1.59. The summed E-state index contributed by atoms with van der Waals surface area (Å²) in [6, 6.07) is 7.24. The number of carbonyl (C=O) groups excluding carboxylic acids is 1. The van der Waals surface area contributed by atoms with Crippen LogP contribution >= 0.6 is 0 Å². The van der Waals surface area contributed by atoms with Crippen molar-refractivity contribution >= 4 is 11.7 Å².